The number of halogens is 1. The van der Waals surface area contributed by atoms with Crippen LogP contribution in [0.15, 0.2) is 42.6 Å². The molecule has 0 saturated carbocycles. The molecule has 0 bridgehead atoms. The first-order valence-corrected chi connectivity index (χ1v) is 9.05. The predicted octanol–water partition coefficient (Wildman–Crippen LogP) is 4.21. The van der Waals surface area contributed by atoms with E-state index in [-0.39, 0.29) is 11.8 Å². The fourth-order valence-corrected chi connectivity index (χ4v) is 3.02. The fourth-order valence-electron chi connectivity index (χ4n) is 2.81. The van der Waals surface area contributed by atoms with Crippen LogP contribution in [0.1, 0.15) is 31.5 Å². The summed E-state index contributed by atoms with van der Waals surface area (Å²) in [5.41, 5.74) is 2.26. The first-order chi connectivity index (χ1) is 12.0. The summed E-state index contributed by atoms with van der Waals surface area (Å²) in [7, 11) is 1.69. The number of amides is 1. The van der Waals surface area contributed by atoms with Gasteiger partial charge in [-0.1, -0.05) is 37.6 Å². The Morgan fingerprint density at radius 2 is 2.08 bits per heavy atom. The first kappa shape index (κ1) is 19.5. The van der Waals surface area contributed by atoms with Crippen LogP contribution in [-0.4, -0.2) is 35.6 Å². The number of hydrogen-bond acceptors (Lipinski definition) is 2. The Bertz CT molecular complexity index is 682. The van der Waals surface area contributed by atoms with Gasteiger partial charge in [-0.25, -0.2) is 0 Å². The zero-order valence-corrected chi connectivity index (χ0v) is 16.0. The van der Waals surface area contributed by atoms with Crippen LogP contribution in [0.2, 0.25) is 5.02 Å². The number of carbonyl (C=O) groups is 1. The van der Waals surface area contributed by atoms with Crippen molar-refractivity contribution in [3.63, 3.8) is 0 Å². The average Bonchev–Trinajstić information content (AvgIpc) is 3.00. The van der Waals surface area contributed by atoms with Crippen LogP contribution < -0.4 is 0 Å². The van der Waals surface area contributed by atoms with Crippen LogP contribution in [0, 0.1) is 5.92 Å². The Labute approximate surface area is 155 Å². The van der Waals surface area contributed by atoms with Crippen LogP contribution in [-0.2, 0) is 22.6 Å². The minimum absolute atomic E-state index is 0.0149. The van der Waals surface area contributed by atoms with Gasteiger partial charge in [-0.15, -0.1) is 0 Å². The first-order valence-electron chi connectivity index (χ1n) is 8.67. The predicted molar refractivity (Wildman–Crippen MR) is 102 cm³/mol. The van der Waals surface area contributed by atoms with E-state index in [1.54, 1.807) is 7.11 Å². The summed E-state index contributed by atoms with van der Waals surface area (Å²) in [4.78, 5) is 14.5. The average molecular weight is 363 g/mol. The third-order valence-corrected chi connectivity index (χ3v) is 4.34. The van der Waals surface area contributed by atoms with Crippen LogP contribution in [0.25, 0.3) is 0 Å². The topological polar surface area (TPSA) is 34.5 Å². The van der Waals surface area contributed by atoms with Crippen molar-refractivity contribution in [1.29, 1.82) is 0 Å². The van der Waals surface area contributed by atoms with Gasteiger partial charge in [0.05, 0.1) is 6.54 Å². The third kappa shape index (κ3) is 5.91. The van der Waals surface area contributed by atoms with Crippen LogP contribution in [0.3, 0.4) is 0 Å². The lowest BCUT2D eigenvalue weighted by Crippen LogP contribution is -2.35. The summed E-state index contributed by atoms with van der Waals surface area (Å²) in [6.07, 6.45) is 2.88. The largest absolute Gasteiger partial charge is 0.385 e. The number of nitrogens with zero attached hydrogens (tertiary/aromatic N) is 2. The van der Waals surface area contributed by atoms with E-state index in [1.165, 1.54) is 0 Å². The van der Waals surface area contributed by atoms with Gasteiger partial charge in [0.15, 0.2) is 0 Å². The number of methoxy groups -OCH3 is 1. The number of rotatable bonds is 9. The van der Waals surface area contributed by atoms with E-state index in [0.29, 0.717) is 19.7 Å². The minimum Gasteiger partial charge on any atom is -0.385 e. The Morgan fingerprint density at radius 1 is 1.28 bits per heavy atom. The molecule has 2 rings (SSSR count). The SMILES string of the molecule is COCCCN(Cc1cccn1Cc1cccc(Cl)c1)C(=O)C(C)C. The van der Waals surface area contributed by atoms with Crippen molar-refractivity contribution in [3.05, 3.63) is 58.9 Å². The summed E-state index contributed by atoms with van der Waals surface area (Å²) < 4.78 is 7.30. The third-order valence-electron chi connectivity index (χ3n) is 4.10. The molecule has 25 heavy (non-hydrogen) atoms. The van der Waals surface area contributed by atoms with Crippen molar-refractivity contribution in [3.8, 4) is 0 Å². The standard InChI is InChI=1S/C20H27ClN2O2/c1-16(2)20(24)23(11-6-12-25-3)15-19-9-5-10-22(19)14-17-7-4-8-18(21)13-17/h4-5,7-10,13,16H,6,11-12,14-15H2,1-3H3. The second-order valence-electron chi connectivity index (χ2n) is 6.52. The molecule has 0 aliphatic rings. The number of hydrogen-bond donors (Lipinski definition) is 0. The molecule has 1 aromatic heterocycles. The Balaban J connectivity index is 2.11. The van der Waals surface area contributed by atoms with Gasteiger partial charge in [-0.2, -0.15) is 0 Å². The molecule has 0 aliphatic carbocycles. The van der Waals surface area contributed by atoms with Crippen LogP contribution in [0.4, 0.5) is 0 Å². The number of carbonyl (C=O) groups excluding carboxylic acids is 1. The molecule has 4 nitrogen and oxygen atoms in total. The van der Waals surface area contributed by atoms with Gasteiger partial charge < -0.3 is 14.2 Å². The molecule has 1 amide bonds. The highest BCUT2D eigenvalue weighted by Gasteiger charge is 2.18. The van der Waals surface area contributed by atoms with Gasteiger partial charge >= 0.3 is 0 Å². The maximum Gasteiger partial charge on any atom is 0.225 e. The molecule has 0 aliphatic heterocycles. The minimum atomic E-state index is -0.0149. The smallest absolute Gasteiger partial charge is 0.225 e. The zero-order chi connectivity index (χ0) is 18.2. The highest BCUT2D eigenvalue weighted by molar-refractivity contribution is 6.30. The van der Waals surface area contributed by atoms with Crippen LogP contribution >= 0.6 is 11.6 Å². The highest BCUT2D eigenvalue weighted by Crippen LogP contribution is 2.15. The maximum atomic E-state index is 12.5. The molecule has 1 aromatic carbocycles. The van der Waals surface area contributed by atoms with Gasteiger partial charge in [0.2, 0.25) is 5.91 Å². The van der Waals surface area contributed by atoms with Gasteiger partial charge in [0.1, 0.15) is 0 Å². The van der Waals surface area contributed by atoms with Gasteiger partial charge in [0, 0.05) is 49.6 Å². The van der Waals surface area contributed by atoms with E-state index in [4.69, 9.17) is 16.3 Å². The van der Waals surface area contributed by atoms with E-state index in [2.05, 4.69) is 16.7 Å². The molecular formula is C20H27ClN2O2. The van der Waals surface area contributed by atoms with Crippen molar-refractivity contribution in [2.75, 3.05) is 20.3 Å². The number of ether oxygens (including phenoxy) is 1. The monoisotopic (exact) mass is 362 g/mol. The van der Waals surface area contributed by atoms with Crippen molar-refractivity contribution < 1.29 is 9.53 Å². The zero-order valence-electron chi connectivity index (χ0n) is 15.2. The normalized spacial score (nSPS) is 11.1. The molecule has 0 spiro atoms. The lowest BCUT2D eigenvalue weighted by atomic mass is 10.1. The Kier molecular flexibility index (Phi) is 7.53. The van der Waals surface area contributed by atoms with E-state index in [0.717, 1.165) is 29.2 Å². The Morgan fingerprint density at radius 3 is 2.76 bits per heavy atom. The molecular weight excluding hydrogens is 336 g/mol. The molecule has 0 radical (unpaired) electrons. The summed E-state index contributed by atoms with van der Waals surface area (Å²) in [6, 6.07) is 12.0. The van der Waals surface area contributed by atoms with Crippen molar-refractivity contribution in [1.82, 2.24) is 9.47 Å². The van der Waals surface area contributed by atoms with E-state index >= 15 is 0 Å². The summed E-state index contributed by atoms with van der Waals surface area (Å²) in [6.45, 7) is 6.59. The van der Waals surface area contributed by atoms with Crippen molar-refractivity contribution in [2.24, 2.45) is 5.92 Å². The summed E-state index contributed by atoms with van der Waals surface area (Å²) in [5, 5.41) is 0.738. The fraction of sp³-hybridized carbons (Fsp3) is 0.450. The molecule has 0 saturated heterocycles. The summed E-state index contributed by atoms with van der Waals surface area (Å²) in [5.74, 6) is 0.158. The quantitative estimate of drug-likeness (QED) is 0.626. The van der Waals surface area contributed by atoms with Gasteiger partial charge in [-0.05, 0) is 36.2 Å². The van der Waals surface area contributed by atoms with Crippen LogP contribution in [0.5, 0.6) is 0 Å². The van der Waals surface area contributed by atoms with E-state index in [9.17, 15) is 4.79 Å². The van der Waals surface area contributed by atoms with E-state index < -0.39 is 0 Å². The van der Waals surface area contributed by atoms with Gasteiger partial charge in [0.25, 0.3) is 0 Å². The molecule has 5 heteroatoms. The molecule has 0 N–H and O–H groups in total. The van der Waals surface area contributed by atoms with Crippen molar-refractivity contribution >= 4 is 17.5 Å². The van der Waals surface area contributed by atoms with E-state index in [1.807, 2.05) is 49.2 Å². The highest BCUT2D eigenvalue weighted by atomic mass is 35.5. The molecule has 136 valence electrons. The second-order valence-corrected chi connectivity index (χ2v) is 6.95. The lowest BCUT2D eigenvalue weighted by molar-refractivity contribution is -0.135. The van der Waals surface area contributed by atoms with Gasteiger partial charge in [-0.3, -0.25) is 4.79 Å². The molecule has 1 heterocycles. The lowest BCUT2D eigenvalue weighted by Gasteiger charge is -2.25. The molecule has 0 fully saturated rings. The molecule has 2 aromatic rings. The number of aromatic nitrogens is 1. The molecule has 0 unspecified atom stereocenters. The number of benzene rings is 1. The Hall–Kier alpha value is -1.78. The summed E-state index contributed by atoms with van der Waals surface area (Å²) >= 11 is 6.08. The maximum absolute atomic E-state index is 12.5. The van der Waals surface area contributed by atoms with Crippen molar-refractivity contribution in [2.45, 2.75) is 33.4 Å². The molecule has 0 atom stereocenters. The second kappa shape index (κ2) is 9.64.